The number of nitrogens with zero attached hydrogens (tertiary/aromatic N) is 1. The van der Waals surface area contributed by atoms with E-state index in [0.717, 1.165) is 0 Å². The van der Waals surface area contributed by atoms with E-state index in [0.29, 0.717) is 15.1 Å². The van der Waals surface area contributed by atoms with Crippen LogP contribution in [0.4, 0.5) is 4.39 Å². The molecule has 2 aromatic rings. The lowest BCUT2D eigenvalue weighted by molar-refractivity contribution is 0.0978. The molecule has 2 rings (SSSR count). The maximum Gasteiger partial charge on any atom is 0.185 e. The molecule has 2 nitrogen and oxygen atoms in total. The molecular formula is C15H8BrClFNO. The minimum atomic E-state index is -1.02. The van der Waals surface area contributed by atoms with E-state index in [1.54, 1.807) is 24.3 Å². The number of carbonyl (C=O) groups is 1. The highest BCUT2D eigenvalue weighted by Crippen LogP contribution is 2.29. The van der Waals surface area contributed by atoms with Gasteiger partial charge in [-0.05, 0) is 45.8 Å². The van der Waals surface area contributed by atoms with E-state index in [1.807, 2.05) is 6.07 Å². The van der Waals surface area contributed by atoms with Crippen molar-refractivity contribution in [2.75, 3.05) is 0 Å². The van der Waals surface area contributed by atoms with Gasteiger partial charge in [-0.15, -0.1) is 0 Å². The molecule has 0 aliphatic heterocycles. The largest absolute Gasteiger partial charge is 0.292 e. The molecule has 0 N–H and O–H groups in total. The van der Waals surface area contributed by atoms with E-state index in [-0.39, 0.29) is 5.56 Å². The SMILES string of the molecule is N#CC(C(=O)c1ccc(F)cc1Br)c1ccccc1Cl. The summed E-state index contributed by atoms with van der Waals surface area (Å²) in [4.78, 5) is 12.4. The first-order valence-electron chi connectivity index (χ1n) is 5.68. The molecule has 0 saturated carbocycles. The van der Waals surface area contributed by atoms with Gasteiger partial charge in [-0.2, -0.15) is 5.26 Å². The van der Waals surface area contributed by atoms with E-state index >= 15 is 0 Å². The summed E-state index contributed by atoms with van der Waals surface area (Å²) in [5, 5.41) is 9.61. The smallest absolute Gasteiger partial charge is 0.185 e. The zero-order valence-corrected chi connectivity index (χ0v) is 12.5. The van der Waals surface area contributed by atoms with Gasteiger partial charge in [-0.3, -0.25) is 4.79 Å². The molecule has 0 radical (unpaired) electrons. The van der Waals surface area contributed by atoms with Gasteiger partial charge in [0.15, 0.2) is 5.78 Å². The summed E-state index contributed by atoms with van der Waals surface area (Å²) in [7, 11) is 0. The minimum absolute atomic E-state index is 0.248. The van der Waals surface area contributed by atoms with Crippen LogP contribution in [-0.2, 0) is 0 Å². The molecule has 0 heterocycles. The Bertz CT molecular complexity index is 711. The summed E-state index contributed by atoms with van der Waals surface area (Å²) in [5.41, 5.74) is 0.691. The number of hydrogen-bond acceptors (Lipinski definition) is 2. The highest BCUT2D eigenvalue weighted by Gasteiger charge is 2.25. The van der Waals surface area contributed by atoms with Gasteiger partial charge in [0.2, 0.25) is 0 Å². The van der Waals surface area contributed by atoms with E-state index in [9.17, 15) is 14.4 Å². The van der Waals surface area contributed by atoms with Crippen molar-refractivity contribution in [3.05, 3.63) is 68.9 Å². The number of hydrogen-bond donors (Lipinski definition) is 0. The fraction of sp³-hybridized carbons (Fsp3) is 0.0667. The number of Topliss-reactive ketones (excluding diaryl/α,β-unsaturated/α-hetero) is 1. The molecule has 0 fully saturated rings. The van der Waals surface area contributed by atoms with Crippen LogP contribution in [0.25, 0.3) is 0 Å². The van der Waals surface area contributed by atoms with Crippen LogP contribution in [0.15, 0.2) is 46.9 Å². The van der Waals surface area contributed by atoms with Gasteiger partial charge in [0.25, 0.3) is 0 Å². The fourth-order valence-electron chi connectivity index (χ4n) is 1.82. The summed E-state index contributed by atoms with van der Waals surface area (Å²) >= 11 is 9.15. The first-order valence-corrected chi connectivity index (χ1v) is 6.85. The molecule has 0 aromatic heterocycles. The molecular weight excluding hydrogens is 345 g/mol. The Kier molecular flexibility index (Phi) is 4.53. The molecule has 1 atom stereocenters. The lowest BCUT2D eigenvalue weighted by Gasteiger charge is -2.11. The van der Waals surface area contributed by atoms with Gasteiger partial charge < -0.3 is 0 Å². The zero-order valence-electron chi connectivity index (χ0n) is 10.1. The number of nitriles is 1. The molecule has 0 bridgehead atoms. The number of ketones is 1. The van der Waals surface area contributed by atoms with Crippen LogP contribution in [0.3, 0.4) is 0 Å². The molecule has 2 aromatic carbocycles. The Hall–Kier alpha value is -1.70. The summed E-state index contributed by atoms with van der Waals surface area (Å²) in [6, 6.07) is 12.3. The molecule has 100 valence electrons. The van der Waals surface area contributed by atoms with Crippen molar-refractivity contribution >= 4 is 33.3 Å². The second-order valence-electron chi connectivity index (χ2n) is 4.07. The number of benzene rings is 2. The minimum Gasteiger partial charge on any atom is -0.292 e. The van der Waals surface area contributed by atoms with Crippen LogP contribution in [0, 0.1) is 17.1 Å². The normalized spacial score (nSPS) is 11.7. The van der Waals surface area contributed by atoms with Crippen LogP contribution in [0.1, 0.15) is 21.8 Å². The monoisotopic (exact) mass is 351 g/mol. The first-order chi connectivity index (χ1) is 9.54. The van der Waals surface area contributed by atoms with Gasteiger partial charge in [0.1, 0.15) is 11.7 Å². The number of carbonyl (C=O) groups excluding carboxylic acids is 1. The summed E-state index contributed by atoms with van der Waals surface area (Å²) < 4.78 is 13.4. The molecule has 0 amide bonds. The van der Waals surface area contributed by atoms with Crippen LogP contribution in [0.5, 0.6) is 0 Å². The number of rotatable bonds is 3. The standard InChI is InChI=1S/C15H8BrClFNO/c16-13-7-9(18)5-6-11(13)15(20)12(8-19)10-3-1-2-4-14(10)17/h1-7,12H. The number of halogens is 3. The van der Waals surface area contributed by atoms with Crippen molar-refractivity contribution in [3.8, 4) is 6.07 Å². The van der Waals surface area contributed by atoms with Crippen molar-refractivity contribution in [2.24, 2.45) is 0 Å². The maximum atomic E-state index is 13.1. The molecule has 1 unspecified atom stereocenters. The highest BCUT2D eigenvalue weighted by molar-refractivity contribution is 9.10. The highest BCUT2D eigenvalue weighted by atomic mass is 79.9. The predicted molar refractivity (Wildman–Crippen MR) is 78.2 cm³/mol. The third kappa shape index (κ3) is 2.90. The first kappa shape index (κ1) is 14.7. The predicted octanol–water partition coefficient (Wildman–Crippen LogP) is 4.73. The molecule has 0 spiro atoms. The van der Waals surface area contributed by atoms with Crippen molar-refractivity contribution in [1.82, 2.24) is 0 Å². The van der Waals surface area contributed by atoms with Crippen LogP contribution in [0.2, 0.25) is 5.02 Å². The Morgan fingerprint density at radius 1 is 1.30 bits per heavy atom. The van der Waals surface area contributed by atoms with E-state index in [2.05, 4.69) is 15.9 Å². The molecule has 5 heteroatoms. The lowest BCUT2D eigenvalue weighted by atomic mass is 9.92. The maximum absolute atomic E-state index is 13.1. The third-order valence-corrected chi connectivity index (χ3v) is 3.80. The van der Waals surface area contributed by atoms with Crippen LogP contribution < -0.4 is 0 Å². The van der Waals surface area contributed by atoms with Crippen molar-refractivity contribution in [1.29, 1.82) is 5.26 Å². The van der Waals surface area contributed by atoms with E-state index in [1.165, 1.54) is 18.2 Å². The van der Waals surface area contributed by atoms with Gasteiger partial charge in [-0.25, -0.2) is 4.39 Å². The summed E-state index contributed by atoms with van der Waals surface area (Å²) in [5.74, 6) is -1.90. The van der Waals surface area contributed by atoms with Crippen molar-refractivity contribution < 1.29 is 9.18 Å². The zero-order chi connectivity index (χ0) is 14.7. The lowest BCUT2D eigenvalue weighted by Crippen LogP contribution is -2.12. The fourth-order valence-corrected chi connectivity index (χ4v) is 2.61. The van der Waals surface area contributed by atoms with E-state index < -0.39 is 17.5 Å². The second kappa shape index (κ2) is 6.17. The second-order valence-corrected chi connectivity index (χ2v) is 5.33. The topological polar surface area (TPSA) is 40.9 Å². The molecule has 20 heavy (non-hydrogen) atoms. The van der Waals surface area contributed by atoms with Crippen LogP contribution in [-0.4, -0.2) is 5.78 Å². The quantitative estimate of drug-likeness (QED) is 0.749. The Labute approximate surface area is 128 Å². The molecule has 0 aliphatic rings. The molecule has 0 saturated heterocycles. The summed E-state index contributed by atoms with van der Waals surface area (Å²) in [6.07, 6.45) is 0. The van der Waals surface area contributed by atoms with E-state index in [4.69, 9.17) is 11.6 Å². The van der Waals surface area contributed by atoms with Gasteiger partial charge in [0.05, 0.1) is 6.07 Å². The van der Waals surface area contributed by atoms with Crippen LogP contribution >= 0.6 is 27.5 Å². The average molecular weight is 353 g/mol. The Balaban J connectivity index is 2.45. The van der Waals surface area contributed by atoms with Gasteiger partial charge in [-0.1, -0.05) is 29.8 Å². The molecule has 0 aliphatic carbocycles. The van der Waals surface area contributed by atoms with Crippen molar-refractivity contribution in [3.63, 3.8) is 0 Å². The van der Waals surface area contributed by atoms with Gasteiger partial charge >= 0.3 is 0 Å². The average Bonchev–Trinajstić information content (AvgIpc) is 2.41. The van der Waals surface area contributed by atoms with Gasteiger partial charge in [0, 0.05) is 15.1 Å². The Morgan fingerprint density at radius 3 is 2.60 bits per heavy atom. The Morgan fingerprint density at radius 2 is 2.00 bits per heavy atom. The third-order valence-electron chi connectivity index (χ3n) is 2.80. The summed E-state index contributed by atoms with van der Waals surface area (Å²) in [6.45, 7) is 0. The van der Waals surface area contributed by atoms with Crippen molar-refractivity contribution in [2.45, 2.75) is 5.92 Å².